The molecule has 2 rings (SSSR count). The van der Waals surface area contributed by atoms with Gasteiger partial charge in [0.05, 0.1) is 0 Å². The molecule has 162 valence electrons. The first kappa shape index (κ1) is 23.4. The lowest BCUT2D eigenvalue weighted by molar-refractivity contribution is 0.0827. The summed E-state index contributed by atoms with van der Waals surface area (Å²) in [5.41, 5.74) is 4.36. The molecule has 0 aliphatic heterocycles. The molecule has 0 saturated heterocycles. The summed E-state index contributed by atoms with van der Waals surface area (Å²) < 4.78 is 0. The molecule has 0 aliphatic carbocycles. The molecule has 6 heteroatoms. The van der Waals surface area contributed by atoms with E-state index in [1.165, 1.54) is 11.1 Å². The monoisotopic (exact) mass is 409 g/mol. The predicted octanol–water partition coefficient (Wildman–Crippen LogP) is 3.09. The van der Waals surface area contributed by atoms with Crippen LogP contribution in [0, 0.1) is 0 Å². The van der Waals surface area contributed by atoms with Crippen molar-refractivity contribution < 1.29 is 4.79 Å². The summed E-state index contributed by atoms with van der Waals surface area (Å²) in [7, 11) is 7.43. The van der Waals surface area contributed by atoms with Crippen LogP contribution in [-0.2, 0) is 19.6 Å². The molecular weight excluding hydrogens is 374 g/mol. The van der Waals surface area contributed by atoms with Gasteiger partial charge in [0.15, 0.2) is 5.96 Å². The summed E-state index contributed by atoms with van der Waals surface area (Å²) in [6.45, 7) is 6.66. The van der Waals surface area contributed by atoms with Crippen LogP contribution in [0.2, 0.25) is 0 Å². The SMILES string of the molecule is CN=C(NCc1ccc(C(=O)N(C)C)cc1)NCc1ccccc1CN(C)C(C)C. The van der Waals surface area contributed by atoms with Gasteiger partial charge in [0.1, 0.15) is 0 Å². The summed E-state index contributed by atoms with van der Waals surface area (Å²) in [6.07, 6.45) is 0. The van der Waals surface area contributed by atoms with Crippen molar-refractivity contribution in [2.24, 2.45) is 4.99 Å². The summed E-state index contributed by atoms with van der Waals surface area (Å²) in [5.74, 6) is 0.754. The summed E-state index contributed by atoms with van der Waals surface area (Å²) >= 11 is 0. The third-order valence-electron chi connectivity index (χ3n) is 5.16. The van der Waals surface area contributed by atoms with Gasteiger partial charge in [0.2, 0.25) is 0 Å². The first-order chi connectivity index (χ1) is 14.3. The molecular formula is C24H35N5O. The summed E-state index contributed by atoms with van der Waals surface area (Å²) in [4.78, 5) is 20.2. The fourth-order valence-electron chi connectivity index (χ4n) is 2.94. The molecule has 0 bridgehead atoms. The number of guanidine groups is 1. The number of nitrogens with one attached hydrogen (secondary N) is 2. The van der Waals surface area contributed by atoms with Gasteiger partial charge in [-0.25, -0.2) is 0 Å². The normalized spacial score (nSPS) is 11.7. The van der Waals surface area contributed by atoms with E-state index < -0.39 is 0 Å². The highest BCUT2D eigenvalue weighted by Gasteiger charge is 2.09. The second-order valence-electron chi connectivity index (χ2n) is 7.95. The average molecular weight is 410 g/mol. The van der Waals surface area contributed by atoms with E-state index in [1.54, 1.807) is 26.0 Å². The molecule has 0 unspecified atom stereocenters. The van der Waals surface area contributed by atoms with Crippen LogP contribution < -0.4 is 10.6 Å². The topological polar surface area (TPSA) is 60.0 Å². The average Bonchev–Trinajstić information content (AvgIpc) is 2.74. The van der Waals surface area contributed by atoms with Crippen molar-refractivity contribution in [1.82, 2.24) is 20.4 Å². The van der Waals surface area contributed by atoms with Crippen LogP contribution in [-0.4, -0.2) is 55.9 Å². The van der Waals surface area contributed by atoms with Crippen LogP contribution in [0.25, 0.3) is 0 Å². The van der Waals surface area contributed by atoms with Crippen molar-refractivity contribution in [3.63, 3.8) is 0 Å². The lowest BCUT2D eigenvalue weighted by Gasteiger charge is -2.23. The Morgan fingerprint density at radius 3 is 2.10 bits per heavy atom. The maximum atomic E-state index is 12.0. The van der Waals surface area contributed by atoms with Crippen LogP contribution in [0.3, 0.4) is 0 Å². The van der Waals surface area contributed by atoms with Gasteiger partial charge in [-0.05, 0) is 49.7 Å². The molecule has 0 heterocycles. The van der Waals surface area contributed by atoms with Gasteiger partial charge in [-0.15, -0.1) is 0 Å². The summed E-state index contributed by atoms with van der Waals surface area (Å²) in [6, 6.07) is 16.6. The molecule has 0 radical (unpaired) electrons. The Bertz CT molecular complexity index is 843. The van der Waals surface area contributed by atoms with Gasteiger partial charge in [-0.3, -0.25) is 14.7 Å². The second-order valence-corrected chi connectivity index (χ2v) is 7.95. The highest BCUT2D eigenvalue weighted by molar-refractivity contribution is 5.93. The Morgan fingerprint density at radius 2 is 1.53 bits per heavy atom. The molecule has 0 saturated carbocycles. The number of amides is 1. The standard InChI is InChI=1S/C24H35N5O/c1-18(2)29(6)17-22-10-8-7-9-21(22)16-27-24(25-3)26-15-19-11-13-20(14-12-19)23(30)28(4)5/h7-14,18H,15-17H2,1-6H3,(H2,25,26,27). The molecule has 0 aliphatic rings. The highest BCUT2D eigenvalue weighted by Crippen LogP contribution is 2.12. The molecule has 2 N–H and O–H groups in total. The number of hydrogen-bond donors (Lipinski definition) is 2. The maximum absolute atomic E-state index is 12.0. The Hall–Kier alpha value is -2.86. The zero-order valence-electron chi connectivity index (χ0n) is 19.1. The zero-order chi connectivity index (χ0) is 22.1. The number of benzene rings is 2. The zero-order valence-corrected chi connectivity index (χ0v) is 19.1. The molecule has 0 atom stereocenters. The number of rotatable bonds is 8. The van der Waals surface area contributed by atoms with E-state index in [-0.39, 0.29) is 5.91 Å². The van der Waals surface area contributed by atoms with Gasteiger partial charge in [-0.1, -0.05) is 36.4 Å². The number of aliphatic imine (C=N–C) groups is 1. The van der Waals surface area contributed by atoms with Crippen molar-refractivity contribution in [3.05, 3.63) is 70.8 Å². The number of carbonyl (C=O) groups is 1. The fourth-order valence-corrected chi connectivity index (χ4v) is 2.94. The van der Waals surface area contributed by atoms with Gasteiger partial charge in [-0.2, -0.15) is 0 Å². The van der Waals surface area contributed by atoms with Gasteiger partial charge >= 0.3 is 0 Å². The Morgan fingerprint density at radius 1 is 0.933 bits per heavy atom. The third kappa shape index (κ3) is 6.88. The third-order valence-corrected chi connectivity index (χ3v) is 5.16. The van der Waals surface area contributed by atoms with E-state index in [4.69, 9.17) is 0 Å². The largest absolute Gasteiger partial charge is 0.352 e. The van der Waals surface area contributed by atoms with Crippen LogP contribution in [0.15, 0.2) is 53.5 Å². The Kier molecular flexibility index (Phi) is 8.87. The van der Waals surface area contributed by atoms with E-state index in [9.17, 15) is 4.79 Å². The van der Waals surface area contributed by atoms with Crippen LogP contribution in [0.1, 0.15) is 40.9 Å². The molecule has 0 spiro atoms. The molecule has 30 heavy (non-hydrogen) atoms. The van der Waals surface area contributed by atoms with E-state index >= 15 is 0 Å². The lowest BCUT2D eigenvalue weighted by atomic mass is 10.1. The number of hydrogen-bond acceptors (Lipinski definition) is 3. The predicted molar refractivity (Wildman–Crippen MR) is 125 cm³/mol. The van der Waals surface area contributed by atoms with E-state index in [0.29, 0.717) is 24.7 Å². The first-order valence-corrected chi connectivity index (χ1v) is 10.3. The van der Waals surface area contributed by atoms with Crippen molar-refractivity contribution in [1.29, 1.82) is 0 Å². The van der Waals surface area contributed by atoms with Crippen molar-refractivity contribution >= 4 is 11.9 Å². The number of carbonyl (C=O) groups excluding carboxylic acids is 1. The van der Waals surface area contributed by atoms with E-state index in [2.05, 4.69) is 65.7 Å². The van der Waals surface area contributed by atoms with Crippen LogP contribution >= 0.6 is 0 Å². The quantitative estimate of drug-likeness (QED) is 0.520. The minimum Gasteiger partial charge on any atom is -0.352 e. The van der Waals surface area contributed by atoms with Crippen LogP contribution in [0.4, 0.5) is 0 Å². The maximum Gasteiger partial charge on any atom is 0.253 e. The molecule has 0 fully saturated rings. The first-order valence-electron chi connectivity index (χ1n) is 10.3. The van der Waals surface area contributed by atoms with Gasteiger partial charge < -0.3 is 15.5 Å². The van der Waals surface area contributed by atoms with E-state index in [0.717, 1.165) is 18.1 Å². The molecule has 0 aromatic heterocycles. The lowest BCUT2D eigenvalue weighted by Crippen LogP contribution is -2.36. The minimum atomic E-state index is 0.00811. The minimum absolute atomic E-state index is 0.00811. The fraction of sp³-hybridized carbons (Fsp3) is 0.417. The second kappa shape index (κ2) is 11.4. The Balaban J connectivity index is 1.92. The van der Waals surface area contributed by atoms with Crippen molar-refractivity contribution in [3.8, 4) is 0 Å². The molecule has 2 aromatic carbocycles. The Labute approximate surface area is 181 Å². The van der Waals surface area contributed by atoms with Crippen LogP contribution in [0.5, 0.6) is 0 Å². The molecule has 1 amide bonds. The highest BCUT2D eigenvalue weighted by atomic mass is 16.2. The van der Waals surface area contributed by atoms with Crippen molar-refractivity contribution in [2.45, 2.75) is 39.5 Å². The molecule has 2 aromatic rings. The van der Waals surface area contributed by atoms with Gasteiger partial charge in [0.25, 0.3) is 5.91 Å². The smallest absolute Gasteiger partial charge is 0.253 e. The van der Waals surface area contributed by atoms with Gasteiger partial charge in [0, 0.05) is 52.4 Å². The van der Waals surface area contributed by atoms with E-state index in [1.807, 2.05) is 24.3 Å². The molecule has 6 nitrogen and oxygen atoms in total. The number of nitrogens with zero attached hydrogens (tertiary/aromatic N) is 3. The summed E-state index contributed by atoms with van der Waals surface area (Å²) in [5, 5.41) is 6.74. The van der Waals surface area contributed by atoms with Crippen molar-refractivity contribution in [2.75, 3.05) is 28.2 Å².